The smallest absolute Gasteiger partial charge is 0.220 e. The van der Waals surface area contributed by atoms with Crippen molar-refractivity contribution in [2.75, 3.05) is 26.4 Å². The van der Waals surface area contributed by atoms with Gasteiger partial charge in [0, 0.05) is 6.42 Å². The predicted molar refractivity (Wildman–Crippen MR) is 406 cm³/mol. The van der Waals surface area contributed by atoms with E-state index in [1.54, 1.807) is 6.08 Å². The van der Waals surface area contributed by atoms with E-state index in [0.717, 1.165) is 89.9 Å². The fraction of sp³-hybridized carbons (Fsp3) is 0.771. The quantitative estimate of drug-likeness (QED) is 0.0199. The number of unbranched alkanes of at least 4 members (excludes halogenated alkanes) is 30. The first kappa shape index (κ1) is 92.7. The molecule has 3 aliphatic heterocycles. The lowest BCUT2D eigenvalue weighted by Gasteiger charge is -2.48. The van der Waals surface area contributed by atoms with Gasteiger partial charge in [-0.05, 0) is 89.9 Å². The minimum absolute atomic E-state index is 0.230. The first-order valence-corrected chi connectivity index (χ1v) is 40.1. The molecule has 0 bridgehead atoms. The number of carbonyl (C=O) groups excluding carboxylic acids is 1. The monoisotopic (exact) mass is 1440 g/mol. The van der Waals surface area contributed by atoms with Crippen LogP contribution in [0.5, 0.6) is 0 Å². The van der Waals surface area contributed by atoms with Gasteiger partial charge in [0.1, 0.15) is 73.2 Å². The van der Waals surface area contributed by atoms with Crippen LogP contribution >= 0.6 is 0 Å². The third-order valence-electron chi connectivity index (χ3n) is 19.3. The Morgan fingerprint density at radius 1 is 0.363 bits per heavy atom. The van der Waals surface area contributed by atoms with E-state index >= 15 is 0 Å². The van der Waals surface area contributed by atoms with E-state index in [4.69, 9.17) is 28.4 Å². The molecule has 0 saturated carbocycles. The summed E-state index contributed by atoms with van der Waals surface area (Å²) in [5, 5.41) is 121. The lowest BCUT2D eigenvalue weighted by Crippen LogP contribution is -2.66. The third kappa shape index (κ3) is 42.1. The molecule has 3 fully saturated rings. The second-order valence-electron chi connectivity index (χ2n) is 28.1. The molecular formula is C83H143NO18. The molecule has 3 aliphatic rings. The first-order chi connectivity index (χ1) is 49.8. The zero-order valence-corrected chi connectivity index (χ0v) is 62.8. The van der Waals surface area contributed by atoms with Crippen LogP contribution in [0.3, 0.4) is 0 Å². The number of aliphatic hydroxyl groups excluding tert-OH is 11. The Labute approximate surface area is 615 Å². The zero-order valence-electron chi connectivity index (χ0n) is 62.8. The molecule has 17 unspecified atom stereocenters. The van der Waals surface area contributed by atoms with Crippen molar-refractivity contribution in [1.29, 1.82) is 0 Å². The van der Waals surface area contributed by atoms with Crippen molar-refractivity contribution in [1.82, 2.24) is 5.32 Å². The molecule has 0 aliphatic carbocycles. The Balaban J connectivity index is 1.35. The first-order valence-electron chi connectivity index (χ1n) is 40.1. The summed E-state index contributed by atoms with van der Waals surface area (Å²) in [5.74, 6) is -0.287. The fourth-order valence-electron chi connectivity index (χ4n) is 12.9. The molecule has 588 valence electrons. The maximum Gasteiger partial charge on any atom is 0.220 e. The standard InChI is InChI=1S/C83H143NO18/c1-3-5-7-9-11-13-15-17-19-21-23-25-26-27-28-29-30-31-32-33-34-35-36-37-38-39-40-41-43-45-47-49-51-53-55-57-59-61-71(89)84-66(67(88)60-58-56-54-52-50-48-46-44-42-24-22-20-18-16-14-12-10-8-6-4-2)65-97-81-77(95)74(92)79(69(63-86)99-81)102-83-78(96)75(93)80(70(64-87)100-83)101-82-76(94)73(91)72(90)68(62-85)98-82/h5,7,11,13,17,19,23,25,27-28,30-31,33-34,50,52,58,60,66-70,72-83,85-88,90-96H,3-4,6,8-10,12,14-16,18,20-22,24,26,29,32,35-49,51,53-57,59,61-65H2,1-2H3,(H,84,89)/b7-5-,13-11-,19-17-,25-23-,28-27-,31-30-,34-33-,52-50+,60-58+. The van der Waals surface area contributed by atoms with Crippen LogP contribution in [0, 0.1) is 0 Å². The van der Waals surface area contributed by atoms with Gasteiger partial charge in [0.2, 0.25) is 5.91 Å². The normalized spacial score (nSPS) is 26.8. The molecule has 12 N–H and O–H groups in total. The van der Waals surface area contributed by atoms with Crippen LogP contribution in [0.2, 0.25) is 0 Å². The van der Waals surface area contributed by atoms with Crippen molar-refractivity contribution < 1.29 is 89.4 Å². The van der Waals surface area contributed by atoms with E-state index in [-0.39, 0.29) is 18.9 Å². The lowest BCUT2D eigenvalue weighted by molar-refractivity contribution is -0.379. The highest BCUT2D eigenvalue weighted by atomic mass is 16.8. The van der Waals surface area contributed by atoms with Crippen LogP contribution in [0.15, 0.2) is 109 Å². The Morgan fingerprint density at radius 3 is 1.10 bits per heavy atom. The van der Waals surface area contributed by atoms with E-state index in [9.17, 15) is 61.0 Å². The lowest BCUT2D eigenvalue weighted by atomic mass is 9.96. The number of nitrogens with one attached hydrogen (secondary N) is 1. The van der Waals surface area contributed by atoms with E-state index in [1.807, 2.05) is 6.08 Å². The molecule has 102 heavy (non-hydrogen) atoms. The summed E-state index contributed by atoms with van der Waals surface area (Å²) in [4.78, 5) is 13.5. The summed E-state index contributed by atoms with van der Waals surface area (Å²) < 4.78 is 34.4. The van der Waals surface area contributed by atoms with Crippen LogP contribution in [-0.4, -0.2) is 193 Å². The molecule has 0 aromatic heterocycles. The Kier molecular flexibility index (Phi) is 56.8. The minimum Gasteiger partial charge on any atom is -0.394 e. The molecule has 19 nitrogen and oxygen atoms in total. The van der Waals surface area contributed by atoms with E-state index in [0.29, 0.717) is 12.8 Å². The van der Waals surface area contributed by atoms with Gasteiger partial charge in [-0.2, -0.15) is 0 Å². The van der Waals surface area contributed by atoms with Crippen molar-refractivity contribution in [3.8, 4) is 0 Å². The van der Waals surface area contributed by atoms with Crippen LogP contribution in [0.25, 0.3) is 0 Å². The molecule has 3 saturated heterocycles. The van der Waals surface area contributed by atoms with Crippen LogP contribution in [0.4, 0.5) is 0 Å². The summed E-state index contributed by atoms with van der Waals surface area (Å²) in [6.07, 6.45) is 59.3. The summed E-state index contributed by atoms with van der Waals surface area (Å²) in [7, 11) is 0. The highest BCUT2D eigenvalue weighted by Gasteiger charge is 2.54. The van der Waals surface area contributed by atoms with E-state index in [1.165, 1.54) is 154 Å². The number of amides is 1. The SMILES string of the molecule is CC/C=C\C/C=C\C/C=C\C/C=C\C/C=C\C/C=C\C/C=C\CCCCCCCCCCCCCCCCCC(=O)NC(COC1OC(CO)C(OC2OC(CO)C(OC3OC(CO)C(O)C(O)C3O)C(O)C2O)C(O)C1O)C(O)/C=C/CC/C=C/CCCCCCCCCCCCCCCC. The third-order valence-corrected chi connectivity index (χ3v) is 19.3. The molecule has 1 amide bonds. The summed E-state index contributed by atoms with van der Waals surface area (Å²) in [6, 6.07) is -0.997. The number of carbonyl (C=O) groups is 1. The van der Waals surface area contributed by atoms with Gasteiger partial charge in [0.25, 0.3) is 0 Å². The number of hydrogen-bond acceptors (Lipinski definition) is 18. The maximum atomic E-state index is 13.5. The Morgan fingerprint density at radius 2 is 0.686 bits per heavy atom. The Bertz CT molecular complexity index is 2270. The number of hydrogen-bond donors (Lipinski definition) is 12. The summed E-state index contributed by atoms with van der Waals surface area (Å²) in [6.45, 7) is 1.62. The second kappa shape index (κ2) is 62.5. The fourth-order valence-corrected chi connectivity index (χ4v) is 12.9. The molecule has 3 heterocycles. The van der Waals surface area contributed by atoms with Crippen molar-refractivity contribution in [3.63, 3.8) is 0 Å². The largest absolute Gasteiger partial charge is 0.394 e. The number of rotatable bonds is 62. The van der Waals surface area contributed by atoms with Gasteiger partial charge in [-0.3, -0.25) is 4.79 Å². The molecule has 0 radical (unpaired) electrons. The average molecular weight is 1440 g/mol. The number of aliphatic hydroxyl groups is 11. The predicted octanol–water partition coefficient (Wildman–Crippen LogP) is 13.3. The highest BCUT2D eigenvalue weighted by molar-refractivity contribution is 5.76. The highest BCUT2D eigenvalue weighted by Crippen LogP contribution is 2.33. The average Bonchev–Trinajstić information content (AvgIpc) is 0.778. The molecule has 0 spiro atoms. The Hall–Kier alpha value is -3.55. The molecule has 0 aromatic rings. The van der Waals surface area contributed by atoms with Crippen molar-refractivity contribution in [2.24, 2.45) is 0 Å². The van der Waals surface area contributed by atoms with Gasteiger partial charge >= 0.3 is 0 Å². The summed E-state index contributed by atoms with van der Waals surface area (Å²) >= 11 is 0. The minimum atomic E-state index is -1.99. The number of ether oxygens (including phenoxy) is 6. The van der Waals surface area contributed by atoms with Gasteiger partial charge in [-0.25, -0.2) is 0 Å². The van der Waals surface area contributed by atoms with Gasteiger partial charge in [0.15, 0.2) is 18.9 Å². The van der Waals surface area contributed by atoms with E-state index < -0.39 is 124 Å². The second-order valence-corrected chi connectivity index (χ2v) is 28.1. The molecule has 19 heteroatoms. The maximum absolute atomic E-state index is 13.5. The molecular weight excluding hydrogens is 1300 g/mol. The zero-order chi connectivity index (χ0) is 73.9. The summed E-state index contributed by atoms with van der Waals surface area (Å²) in [5.41, 5.74) is 0. The molecule has 0 aromatic carbocycles. The van der Waals surface area contributed by atoms with Gasteiger partial charge in [-0.15, -0.1) is 0 Å². The van der Waals surface area contributed by atoms with E-state index in [2.05, 4.69) is 116 Å². The van der Waals surface area contributed by atoms with Crippen molar-refractivity contribution >= 4 is 5.91 Å². The van der Waals surface area contributed by atoms with Gasteiger partial charge in [0.05, 0.1) is 38.6 Å². The molecule has 17 atom stereocenters. The van der Waals surface area contributed by atoms with Gasteiger partial charge in [-0.1, -0.05) is 290 Å². The van der Waals surface area contributed by atoms with Gasteiger partial charge < -0.3 is 89.9 Å². The van der Waals surface area contributed by atoms with Crippen LogP contribution in [0.1, 0.15) is 277 Å². The van der Waals surface area contributed by atoms with Crippen LogP contribution < -0.4 is 5.32 Å². The number of allylic oxidation sites excluding steroid dienone is 17. The van der Waals surface area contributed by atoms with Crippen molar-refractivity contribution in [3.05, 3.63) is 109 Å². The van der Waals surface area contributed by atoms with Crippen LogP contribution in [-0.2, 0) is 33.2 Å². The van der Waals surface area contributed by atoms with Crippen molar-refractivity contribution in [2.45, 2.75) is 381 Å². The topological polar surface area (TPSA) is 307 Å². The molecule has 3 rings (SSSR count).